The van der Waals surface area contributed by atoms with Gasteiger partial charge in [-0.25, -0.2) is 9.78 Å². The number of hydrogen-bond donors (Lipinski definition) is 2. The van der Waals surface area contributed by atoms with E-state index in [1.165, 1.54) is 5.56 Å². The molecule has 2 amide bonds. The van der Waals surface area contributed by atoms with Crippen LogP contribution >= 0.6 is 0 Å². The molecule has 0 radical (unpaired) electrons. The van der Waals surface area contributed by atoms with Gasteiger partial charge < -0.3 is 15.2 Å². The van der Waals surface area contributed by atoms with Gasteiger partial charge in [-0.05, 0) is 12.5 Å². The van der Waals surface area contributed by atoms with E-state index in [9.17, 15) is 4.79 Å². The van der Waals surface area contributed by atoms with Crippen LogP contribution in [0.3, 0.4) is 0 Å². The third kappa shape index (κ3) is 3.47. The predicted octanol–water partition coefficient (Wildman–Crippen LogP) is 3.65. The Bertz CT molecular complexity index is 900. The molecule has 5 heteroatoms. The van der Waals surface area contributed by atoms with Gasteiger partial charge in [0.2, 0.25) is 0 Å². The molecule has 2 aromatic carbocycles. The number of nitrogens with one attached hydrogen (secondary N) is 2. The second-order valence-corrected chi connectivity index (χ2v) is 6.69. The molecule has 0 atom stereocenters. The molecule has 132 valence electrons. The number of imidazole rings is 1. The van der Waals surface area contributed by atoms with Gasteiger partial charge in [-0.2, -0.15) is 0 Å². The van der Waals surface area contributed by atoms with E-state index in [2.05, 4.69) is 29.4 Å². The Balaban J connectivity index is 1.40. The van der Waals surface area contributed by atoms with Gasteiger partial charge in [0.25, 0.3) is 0 Å². The van der Waals surface area contributed by atoms with Crippen LogP contribution in [0.25, 0.3) is 11.4 Å². The molecule has 0 saturated carbocycles. The molecule has 5 nitrogen and oxygen atoms in total. The zero-order valence-electron chi connectivity index (χ0n) is 14.8. The maximum atomic E-state index is 12.5. The molecule has 0 fully saturated rings. The predicted molar refractivity (Wildman–Crippen MR) is 102 cm³/mol. The Morgan fingerprint density at radius 1 is 1.15 bits per heavy atom. The lowest BCUT2D eigenvalue weighted by Gasteiger charge is -2.26. The number of carbonyl (C=O) groups is 1. The zero-order valence-corrected chi connectivity index (χ0v) is 14.8. The average Bonchev–Trinajstić information content (AvgIpc) is 3.11. The highest BCUT2D eigenvalue weighted by molar-refractivity contribution is 5.74. The maximum absolute atomic E-state index is 12.5. The van der Waals surface area contributed by atoms with Crippen LogP contribution in [0.5, 0.6) is 0 Å². The zero-order chi connectivity index (χ0) is 17.9. The molecule has 0 bridgehead atoms. The number of aromatic amines is 1. The molecule has 1 aliphatic rings. The van der Waals surface area contributed by atoms with Crippen molar-refractivity contribution in [3.8, 4) is 11.4 Å². The number of urea groups is 1. The summed E-state index contributed by atoms with van der Waals surface area (Å²) in [5.74, 6) is 0.873. The molecule has 0 spiro atoms. The Morgan fingerprint density at radius 3 is 2.69 bits per heavy atom. The van der Waals surface area contributed by atoms with E-state index in [4.69, 9.17) is 4.98 Å². The number of nitrogens with zero attached hydrogens (tertiary/aromatic N) is 2. The summed E-state index contributed by atoms with van der Waals surface area (Å²) in [6.45, 7) is 3.85. The Kier molecular flexibility index (Phi) is 4.44. The number of benzene rings is 2. The lowest BCUT2D eigenvalue weighted by molar-refractivity contribution is 0.191. The number of fused-ring (bicyclic) bond motifs is 1. The van der Waals surface area contributed by atoms with E-state index in [1.807, 2.05) is 47.4 Å². The summed E-state index contributed by atoms with van der Waals surface area (Å²) in [5, 5.41) is 3.01. The van der Waals surface area contributed by atoms with Gasteiger partial charge in [0.15, 0.2) is 0 Å². The van der Waals surface area contributed by atoms with E-state index in [0.29, 0.717) is 19.6 Å². The molecule has 26 heavy (non-hydrogen) atoms. The lowest BCUT2D eigenvalue weighted by atomic mass is 10.1. The summed E-state index contributed by atoms with van der Waals surface area (Å²) in [5.41, 5.74) is 5.48. The molecule has 0 saturated heterocycles. The maximum Gasteiger partial charge on any atom is 0.318 e. The van der Waals surface area contributed by atoms with E-state index < -0.39 is 0 Å². The number of amides is 2. The van der Waals surface area contributed by atoms with E-state index in [0.717, 1.165) is 34.8 Å². The second kappa shape index (κ2) is 7.04. The number of rotatable bonds is 3. The summed E-state index contributed by atoms with van der Waals surface area (Å²) in [7, 11) is 0. The highest BCUT2D eigenvalue weighted by atomic mass is 16.2. The fraction of sp³-hybridized carbons (Fsp3) is 0.238. The number of H-pyrrole nitrogens is 1. The normalized spacial score (nSPS) is 13.3. The molecule has 4 rings (SSSR count). The Hall–Kier alpha value is -3.08. The van der Waals surface area contributed by atoms with Gasteiger partial charge in [0.05, 0.1) is 17.9 Å². The van der Waals surface area contributed by atoms with Gasteiger partial charge in [-0.1, -0.05) is 60.2 Å². The fourth-order valence-electron chi connectivity index (χ4n) is 3.20. The topological polar surface area (TPSA) is 61.0 Å². The number of carbonyl (C=O) groups excluding carboxylic acids is 1. The summed E-state index contributed by atoms with van der Waals surface area (Å²) < 4.78 is 0. The van der Waals surface area contributed by atoms with Crippen LogP contribution in [-0.2, 0) is 19.5 Å². The monoisotopic (exact) mass is 346 g/mol. The first kappa shape index (κ1) is 16.4. The van der Waals surface area contributed by atoms with Crippen molar-refractivity contribution in [1.29, 1.82) is 0 Å². The van der Waals surface area contributed by atoms with Crippen molar-refractivity contribution >= 4 is 6.03 Å². The highest BCUT2D eigenvalue weighted by Crippen LogP contribution is 2.22. The number of hydrogen-bond acceptors (Lipinski definition) is 2. The second-order valence-electron chi connectivity index (χ2n) is 6.69. The lowest BCUT2D eigenvalue weighted by Crippen LogP contribution is -2.42. The molecular formula is C21H22N4O. The van der Waals surface area contributed by atoms with E-state index in [1.54, 1.807) is 0 Å². The minimum absolute atomic E-state index is 0.0351. The van der Waals surface area contributed by atoms with Gasteiger partial charge >= 0.3 is 6.03 Å². The quantitative estimate of drug-likeness (QED) is 0.760. The smallest absolute Gasteiger partial charge is 0.318 e. The van der Waals surface area contributed by atoms with Crippen molar-refractivity contribution in [3.05, 3.63) is 77.1 Å². The first-order chi connectivity index (χ1) is 12.7. The Morgan fingerprint density at radius 2 is 1.92 bits per heavy atom. The molecular weight excluding hydrogens is 324 g/mol. The van der Waals surface area contributed by atoms with Gasteiger partial charge in [-0.15, -0.1) is 0 Å². The van der Waals surface area contributed by atoms with Crippen molar-refractivity contribution in [2.45, 2.75) is 26.4 Å². The van der Waals surface area contributed by atoms with Crippen LogP contribution in [0, 0.1) is 6.92 Å². The number of aromatic nitrogens is 2. The molecule has 1 aliphatic heterocycles. The SMILES string of the molecule is Cc1ccc(CNC(=O)N2CCc3nc(-c4ccccc4)[nH]c3C2)cc1. The van der Waals surface area contributed by atoms with Gasteiger partial charge in [-0.3, -0.25) is 0 Å². The minimum Gasteiger partial charge on any atom is -0.340 e. The van der Waals surface area contributed by atoms with Gasteiger partial charge in [0, 0.05) is 25.1 Å². The average molecular weight is 346 g/mol. The molecule has 0 aliphatic carbocycles. The Labute approximate surface area is 153 Å². The van der Waals surface area contributed by atoms with Crippen molar-refractivity contribution in [2.24, 2.45) is 0 Å². The minimum atomic E-state index is -0.0351. The summed E-state index contributed by atoms with van der Waals surface area (Å²) in [6, 6.07) is 18.2. The van der Waals surface area contributed by atoms with Crippen LogP contribution in [0.15, 0.2) is 54.6 Å². The standard InChI is InChI=1S/C21H22N4O/c1-15-7-9-16(10-8-15)13-22-21(26)25-12-11-18-19(14-25)24-20(23-18)17-5-3-2-4-6-17/h2-10H,11-14H2,1H3,(H,22,26)(H,23,24). The van der Waals surface area contributed by atoms with Crippen LogP contribution in [0.1, 0.15) is 22.5 Å². The van der Waals surface area contributed by atoms with Crippen LogP contribution in [0.4, 0.5) is 4.79 Å². The first-order valence-electron chi connectivity index (χ1n) is 8.90. The van der Waals surface area contributed by atoms with Crippen LogP contribution < -0.4 is 5.32 Å². The van der Waals surface area contributed by atoms with E-state index in [-0.39, 0.29) is 6.03 Å². The summed E-state index contributed by atoms with van der Waals surface area (Å²) >= 11 is 0. The van der Waals surface area contributed by atoms with Crippen molar-refractivity contribution in [2.75, 3.05) is 6.54 Å². The summed E-state index contributed by atoms with van der Waals surface area (Å²) in [6.07, 6.45) is 0.774. The van der Waals surface area contributed by atoms with E-state index >= 15 is 0 Å². The third-order valence-corrected chi connectivity index (χ3v) is 4.73. The third-order valence-electron chi connectivity index (χ3n) is 4.73. The first-order valence-corrected chi connectivity index (χ1v) is 8.90. The van der Waals surface area contributed by atoms with Crippen LogP contribution in [-0.4, -0.2) is 27.4 Å². The summed E-state index contributed by atoms with van der Waals surface area (Å²) in [4.78, 5) is 22.4. The molecule has 0 unspecified atom stereocenters. The van der Waals surface area contributed by atoms with Crippen molar-refractivity contribution < 1.29 is 4.79 Å². The van der Waals surface area contributed by atoms with Crippen molar-refractivity contribution in [3.63, 3.8) is 0 Å². The molecule has 2 heterocycles. The number of aryl methyl sites for hydroxylation is 1. The van der Waals surface area contributed by atoms with Crippen LogP contribution in [0.2, 0.25) is 0 Å². The van der Waals surface area contributed by atoms with Crippen molar-refractivity contribution in [1.82, 2.24) is 20.2 Å². The molecule has 3 aromatic rings. The van der Waals surface area contributed by atoms with Gasteiger partial charge in [0.1, 0.15) is 5.82 Å². The molecule has 2 N–H and O–H groups in total. The highest BCUT2D eigenvalue weighted by Gasteiger charge is 2.23. The largest absolute Gasteiger partial charge is 0.340 e. The molecule has 1 aromatic heterocycles. The fourth-order valence-corrected chi connectivity index (χ4v) is 3.20.